The van der Waals surface area contributed by atoms with Crippen LogP contribution in [0.1, 0.15) is 31.9 Å². The second kappa shape index (κ2) is 8.54. The van der Waals surface area contributed by atoms with Crippen molar-refractivity contribution in [2.45, 2.75) is 41.4 Å². The van der Waals surface area contributed by atoms with E-state index < -0.39 is 9.84 Å². The molecule has 0 aromatic heterocycles. The van der Waals surface area contributed by atoms with Crippen molar-refractivity contribution < 1.29 is 13.2 Å². The molecule has 2 rings (SSSR count). The highest BCUT2D eigenvalue weighted by atomic mass is 32.2. The maximum atomic E-state index is 12.5. The fourth-order valence-electron chi connectivity index (χ4n) is 2.41. The van der Waals surface area contributed by atoms with Crippen LogP contribution in [0, 0.1) is 0 Å². The fourth-order valence-corrected chi connectivity index (χ4v) is 3.94. The summed E-state index contributed by atoms with van der Waals surface area (Å²) in [5.41, 5.74) is 0.903. The van der Waals surface area contributed by atoms with Crippen LogP contribution in [-0.4, -0.2) is 25.8 Å². The van der Waals surface area contributed by atoms with Gasteiger partial charge in [-0.15, -0.1) is 11.8 Å². The molecule has 134 valence electrons. The van der Waals surface area contributed by atoms with Gasteiger partial charge in [0.05, 0.1) is 16.2 Å². The molecule has 25 heavy (non-hydrogen) atoms. The van der Waals surface area contributed by atoms with Gasteiger partial charge in [0, 0.05) is 11.2 Å². The zero-order valence-electron chi connectivity index (χ0n) is 14.6. The van der Waals surface area contributed by atoms with E-state index in [4.69, 9.17) is 0 Å². The topological polar surface area (TPSA) is 63.2 Å². The lowest BCUT2D eigenvalue weighted by molar-refractivity contribution is -0.121. The van der Waals surface area contributed by atoms with Crippen LogP contribution in [0.2, 0.25) is 0 Å². The third-order valence-electron chi connectivity index (χ3n) is 3.86. The molecule has 0 heterocycles. The van der Waals surface area contributed by atoms with Gasteiger partial charge in [-0.3, -0.25) is 4.79 Å². The van der Waals surface area contributed by atoms with Crippen molar-refractivity contribution in [2.24, 2.45) is 0 Å². The molecule has 0 radical (unpaired) electrons. The summed E-state index contributed by atoms with van der Waals surface area (Å²) in [5, 5.41) is 2.84. The molecule has 2 aromatic carbocycles. The third-order valence-corrected chi connectivity index (χ3v) is 6.10. The summed E-state index contributed by atoms with van der Waals surface area (Å²) in [4.78, 5) is 13.8. The van der Waals surface area contributed by atoms with E-state index in [1.165, 1.54) is 18.0 Å². The Balaban J connectivity index is 2.04. The largest absolute Gasteiger partial charge is 0.348 e. The highest BCUT2D eigenvalue weighted by Crippen LogP contribution is 2.24. The smallest absolute Gasteiger partial charge is 0.233 e. The van der Waals surface area contributed by atoms with Crippen molar-refractivity contribution in [3.63, 3.8) is 0 Å². The van der Waals surface area contributed by atoms with Gasteiger partial charge in [0.25, 0.3) is 0 Å². The third kappa shape index (κ3) is 5.61. The number of amides is 1. The first-order chi connectivity index (χ1) is 11.8. The molecule has 1 amide bonds. The Bertz CT molecular complexity index is 802. The molecular formula is C19H23NO3S2. The number of nitrogens with one attached hydrogen (secondary N) is 1. The van der Waals surface area contributed by atoms with Crippen LogP contribution in [0.25, 0.3) is 0 Å². The molecular weight excluding hydrogens is 354 g/mol. The van der Waals surface area contributed by atoms with E-state index in [0.717, 1.165) is 16.9 Å². The first-order valence-electron chi connectivity index (χ1n) is 8.13. The average molecular weight is 378 g/mol. The van der Waals surface area contributed by atoms with E-state index in [0.29, 0.717) is 0 Å². The molecule has 4 nitrogen and oxygen atoms in total. The molecule has 2 atom stereocenters. The summed E-state index contributed by atoms with van der Waals surface area (Å²) in [6, 6.07) is 16.4. The van der Waals surface area contributed by atoms with Crippen LogP contribution in [0.3, 0.4) is 0 Å². The molecule has 0 saturated carbocycles. The summed E-state index contributed by atoms with van der Waals surface area (Å²) in [7, 11) is -3.21. The van der Waals surface area contributed by atoms with Crippen LogP contribution < -0.4 is 5.32 Å². The number of carbonyl (C=O) groups excluding carboxylic acids is 1. The first-order valence-corrected chi connectivity index (χ1v) is 10.9. The van der Waals surface area contributed by atoms with E-state index in [9.17, 15) is 13.2 Å². The minimum atomic E-state index is -3.21. The predicted octanol–water partition coefficient (Wildman–Crippen LogP) is 3.84. The average Bonchev–Trinajstić information content (AvgIpc) is 2.59. The number of hydrogen-bond donors (Lipinski definition) is 1. The van der Waals surface area contributed by atoms with Gasteiger partial charge >= 0.3 is 0 Å². The predicted molar refractivity (Wildman–Crippen MR) is 102 cm³/mol. The zero-order valence-corrected chi connectivity index (χ0v) is 16.2. The van der Waals surface area contributed by atoms with Crippen molar-refractivity contribution in [1.29, 1.82) is 0 Å². The Morgan fingerprint density at radius 1 is 1.08 bits per heavy atom. The van der Waals surface area contributed by atoms with Crippen molar-refractivity contribution in [2.75, 3.05) is 6.26 Å². The van der Waals surface area contributed by atoms with Crippen molar-refractivity contribution >= 4 is 27.5 Å². The molecule has 0 fully saturated rings. The summed E-state index contributed by atoms with van der Waals surface area (Å²) in [6.45, 7) is 3.87. The van der Waals surface area contributed by atoms with Crippen molar-refractivity contribution in [3.8, 4) is 0 Å². The molecule has 0 saturated heterocycles. The maximum Gasteiger partial charge on any atom is 0.233 e. The number of carbonyl (C=O) groups is 1. The molecule has 0 aliphatic rings. The van der Waals surface area contributed by atoms with Crippen LogP contribution in [0.4, 0.5) is 0 Å². The zero-order chi connectivity index (χ0) is 18.4. The van der Waals surface area contributed by atoms with Gasteiger partial charge < -0.3 is 5.32 Å². The number of benzene rings is 2. The second-order valence-corrected chi connectivity index (χ2v) is 9.31. The number of sulfone groups is 1. The van der Waals surface area contributed by atoms with Gasteiger partial charge in [0.2, 0.25) is 5.91 Å². The van der Waals surface area contributed by atoms with E-state index in [-0.39, 0.29) is 22.1 Å². The van der Waals surface area contributed by atoms with Gasteiger partial charge in [-0.05, 0) is 43.2 Å². The molecule has 0 bridgehead atoms. The Hall–Kier alpha value is -1.79. The van der Waals surface area contributed by atoms with Gasteiger partial charge in [0.1, 0.15) is 0 Å². The molecule has 0 spiro atoms. The highest BCUT2D eigenvalue weighted by Gasteiger charge is 2.19. The van der Waals surface area contributed by atoms with Crippen LogP contribution in [0.15, 0.2) is 64.4 Å². The van der Waals surface area contributed by atoms with Gasteiger partial charge in [-0.1, -0.05) is 37.3 Å². The number of rotatable bonds is 7. The van der Waals surface area contributed by atoms with Crippen molar-refractivity contribution in [1.82, 2.24) is 5.32 Å². The monoisotopic (exact) mass is 377 g/mol. The number of hydrogen-bond acceptors (Lipinski definition) is 4. The van der Waals surface area contributed by atoms with Crippen LogP contribution in [0.5, 0.6) is 0 Å². The Morgan fingerprint density at radius 2 is 1.68 bits per heavy atom. The Morgan fingerprint density at radius 3 is 2.20 bits per heavy atom. The van der Waals surface area contributed by atoms with E-state index >= 15 is 0 Å². The summed E-state index contributed by atoms with van der Waals surface area (Å²) < 4.78 is 23.1. The van der Waals surface area contributed by atoms with Crippen LogP contribution in [-0.2, 0) is 14.6 Å². The lowest BCUT2D eigenvalue weighted by atomic mass is 10.0. The minimum Gasteiger partial charge on any atom is -0.348 e. The summed E-state index contributed by atoms with van der Waals surface area (Å²) >= 11 is 1.51. The van der Waals surface area contributed by atoms with E-state index in [1.54, 1.807) is 24.3 Å². The first kappa shape index (κ1) is 19.5. The van der Waals surface area contributed by atoms with Crippen molar-refractivity contribution in [3.05, 3.63) is 60.2 Å². The lowest BCUT2D eigenvalue weighted by Gasteiger charge is -2.20. The summed E-state index contributed by atoms with van der Waals surface area (Å²) in [5.74, 6) is -0.0344. The molecule has 6 heteroatoms. The van der Waals surface area contributed by atoms with E-state index in [1.807, 2.05) is 44.2 Å². The SMILES string of the molecule is CC[C@@H](NC(=O)[C@H](C)Sc1ccccc1)c1ccc(S(C)(=O)=O)cc1. The van der Waals surface area contributed by atoms with Gasteiger partial charge in [-0.2, -0.15) is 0 Å². The lowest BCUT2D eigenvalue weighted by Crippen LogP contribution is -2.34. The highest BCUT2D eigenvalue weighted by molar-refractivity contribution is 8.00. The summed E-state index contributed by atoms with van der Waals surface area (Å²) in [6.07, 6.45) is 1.91. The second-order valence-electron chi connectivity index (χ2n) is 5.88. The minimum absolute atomic E-state index is 0.0344. The molecule has 0 aliphatic carbocycles. The molecule has 2 aromatic rings. The Kier molecular flexibility index (Phi) is 6.67. The molecule has 0 unspecified atom stereocenters. The molecule has 0 aliphatic heterocycles. The Labute approximate surface area is 154 Å². The maximum absolute atomic E-state index is 12.5. The van der Waals surface area contributed by atoms with E-state index in [2.05, 4.69) is 5.32 Å². The van der Waals surface area contributed by atoms with Gasteiger partial charge in [-0.25, -0.2) is 8.42 Å². The van der Waals surface area contributed by atoms with Gasteiger partial charge in [0.15, 0.2) is 9.84 Å². The van der Waals surface area contributed by atoms with Crippen LogP contribution >= 0.6 is 11.8 Å². The normalized spacial score (nSPS) is 13.9. The standard InChI is InChI=1S/C19H23NO3S2/c1-4-18(15-10-12-17(13-11-15)25(3,22)23)20-19(21)14(2)24-16-8-6-5-7-9-16/h5-14,18H,4H2,1-3H3,(H,20,21)/t14-,18+/m0/s1. The number of thioether (sulfide) groups is 1. The molecule has 1 N–H and O–H groups in total. The fraction of sp³-hybridized carbons (Fsp3) is 0.316. The quantitative estimate of drug-likeness (QED) is 0.745.